The summed E-state index contributed by atoms with van der Waals surface area (Å²) >= 11 is 0. The molecule has 126 valence electrons. The third-order valence-corrected chi connectivity index (χ3v) is 9.10. The minimum atomic E-state index is -0.888. The van der Waals surface area contributed by atoms with Gasteiger partial charge in [-0.3, -0.25) is 0 Å². The zero-order chi connectivity index (χ0) is 17.5. The smallest absolute Gasteiger partial charge is 0.0751 e. The van der Waals surface area contributed by atoms with E-state index in [0.29, 0.717) is 0 Å². The lowest BCUT2D eigenvalue weighted by Gasteiger charge is -2.78. The van der Waals surface area contributed by atoms with Gasteiger partial charge in [0.25, 0.3) is 0 Å². The summed E-state index contributed by atoms with van der Waals surface area (Å²) in [5.41, 5.74) is 4.48. The SMILES string of the molecule is CC(C)(C)C1(C)C(C)(C)C(C)(C)C(C)(N)C(C)(C)C1(C)O. The van der Waals surface area contributed by atoms with Crippen LogP contribution in [0.5, 0.6) is 0 Å². The highest BCUT2D eigenvalue weighted by atomic mass is 16.3. The van der Waals surface area contributed by atoms with Crippen molar-refractivity contribution in [1.29, 1.82) is 0 Å². The molecule has 1 saturated carbocycles. The lowest BCUT2D eigenvalue weighted by molar-refractivity contribution is -0.326. The third kappa shape index (κ3) is 1.62. The molecule has 0 spiro atoms. The van der Waals surface area contributed by atoms with E-state index in [0.717, 1.165) is 0 Å². The second kappa shape index (κ2) is 4.06. The zero-order valence-corrected chi connectivity index (χ0v) is 16.5. The van der Waals surface area contributed by atoms with E-state index in [2.05, 4.69) is 76.2 Å². The largest absolute Gasteiger partial charge is 0.389 e. The van der Waals surface area contributed by atoms with Gasteiger partial charge in [-0.05, 0) is 30.1 Å². The fourth-order valence-corrected chi connectivity index (χ4v) is 5.46. The Kier molecular flexibility index (Phi) is 3.67. The van der Waals surface area contributed by atoms with Crippen LogP contribution in [0.1, 0.15) is 83.1 Å². The normalized spacial score (nSPS) is 45.4. The van der Waals surface area contributed by atoms with Crippen molar-refractivity contribution in [2.24, 2.45) is 32.8 Å². The van der Waals surface area contributed by atoms with Gasteiger partial charge in [-0.1, -0.05) is 69.2 Å². The highest BCUT2D eigenvalue weighted by Gasteiger charge is 2.77. The lowest BCUT2D eigenvalue weighted by Crippen LogP contribution is -2.83. The molecule has 1 fully saturated rings. The molecule has 1 rings (SSSR count). The number of hydrogen-bond acceptors (Lipinski definition) is 2. The lowest BCUT2D eigenvalue weighted by atomic mass is 9.29. The van der Waals surface area contributed by atoms with Crippen LogP contribution in [0.15, 0.2) is 0 Å². The average Bonchev–Trinajstić information content (AvgIpc) is 2.23. The topological polar surface area (TPSA) is 46.2 Å². The molecule has 21 heavy (non-hydrogen) atoms. The summed E-state index contributed by atoms with van der Waals surface area (Å²) in [4.78, 5) is 0. The minimum Gasteiger partial charge on any atom is -0.389 e. The fraction of sp³-hybridized carbons (Fsp3) is 1.00. The van der Waals surface area contributed by atoms with E-state index in [9.17, 15) is 5.11 Å². The molecule has 0 aromatic carbocycles. The molecule has 0 heterocycles. The molecule has 0 radical (unpaired) electrons. The molecule has 3 atom stereocenters. The quantitative estimate of drug-likeness (QED) is 0.686. The van der Waals surface area contributed by atoms with Crippen LogP contribution in [0, 0.1) is 27.1 Å². The van der Waals surface area contributed by atoms with Crippen LogP contribution < -0.4 is 5.73 Å². The zero-order valence-electron chi connectivity index (χ0n) is 16.5. The van der Waals surface area contributed by atoms with Gasteiger partial charge >= 0.3 is 0 Å². The van der Waals surface area contributed by atoms with E-state index >= 15 is 0 Å². The van der Waals surface area contributed by atoms with E-state index in [1.165, 1.54) is 0 Å². The van der Waals surface area contributed by atoms with E-state index < -0.39 is 16.6 Å². The van der Waals surface area contributed by atoms with E-state index in [4.69, 9.17) is 5.73 Å². The molecule has 2 heteroatoms. The Bertz CT molecular complexity index is 403. The molecule has 0 aliphatic heterocycles. The summed E-state index contributed by atoms with van der Waals surface area (Å²) in [6.07, 6.45) is 0. The van der Waals surface area contributed by atoms with Crippen LogP contribution in [0.4, 0.5) is 0 Å². The second-order valence-corrected chi connectivity index (χ2v) is 10.5. The Balaban J connectivity index is 3.93. The average molecular weight is 298 g/mol. The summed E-state index contributed by atoms with van der Waals surface area (Å²) in [5.74, 6) is 0. The van der Waals surface area contributed by atoms with Crippen molar-refractivity contribution in [2.75, 3.05) is 0 Å². The molecular weight excluding hydrogens is 258 g/mol. The van der Waals surface area contributed by atoms with E-state index in [1.54, 1.807) is 0 Å². The van der Waals surface area contributed by atoms with Crippen LogP contribution in [0.25, 0.3) is 0 Å². The number of rotatable bonds is 0. The first kappa shape index (κ1) is 19.0. The molecule has 0 amide bonds. The third-order valence-electron chi connectivity index (χ3n) is 9.10. The first-order valence-electron chi connectivity index (χ1n) is 8.26. The maximum atomic E-state index is 11.8. The van der Waals surface area contributed by atoms with Gasteiger partial charge in [-0.15, -0.1) is 0 Å². The minimum absolute atomic E-state index is 0.0506. The Morgan fingerprint density at radius 2 is 1.00 bits per heavy atom. The van der Waals surface area contributed by atoms with Gasteiger partial charge in [0.2, 0.25) is 0 Å². The molecule has 2 nitrogen and oxygen atoms in total. The van der Waals surface area contributed by atoms with Crippen molar-refractivity contribution in [2.45, 2.75) is 94.2 Å². The van der Waals surface area contributed by atoms with Crippen LogP contribution in [-0.4, -0.2) is 16.2 Å². The highest BCUT2D eigenvalue weighted by molar-refractivity contribution is 5.28. The van der Waals surface area contributed by atoms with Gasteiger partial charge < -0.3 is 10.8 Å². The summed E-state index contributed by atoms with van der Waals surface area (Å²) in [7, 11) is 0. The molecule has 0 saturated heterocycles. The van der Waals surface area contributed by atoms with Gasteiger partial charge in [0.15, 0.2) is 0 Å². The van der Waals surface area contributed by atoms with Crippen LogP contribution in [0.3, 0.4) is 0 Å². The van der Waals surface area contributed by atoms with Crippen molar-refractivity contribution in [1.82, 2.24) is 0 Å². The predicted molar refractivity (Wildman–Crippen MR) is 92.1 cm³/mol. The molecule has 3 unspecified atom stereocenters. The fourth-order valence-electron chi connectivity index (χ4n) is 5.46. The summed E-state index contributed by atoms with van der Waals surface area (Å²) < 4.78 is 0. The molecule has 0 aromatic heterocycles. The van der Waals surface area contributed by atoms with Crippen molar-refractivity contribution < 1.29 is 5.11 Å². The maximum absolute atomic E-state index is 11.8. The van der Waals surface area contributed by atoms with Crippen molar-refractivity contribution in [3.05, 3.63) is 0 Å². The standard InChI is InChI=1S/C19H39NO/c1-13(2,3)17(10)14(4,5)15(6,7)18(11,20)16(8,9)19(17,12)21/h21H,20H2,1-12H3. The molecular formula is C19H39NO. The van der Waals surface area contributed by atoms with Crippen LogP contribution >= 0.6 is 0 Å². The van der Waals surface area contributed by atoms with Gasteiger partial charge in [0.1, 0.15) is 0 Å². The van der Waals surface area contributed by atoms with E-state index in [-0.39, 0.29) is 21.7 Å². The van der Waals surface area contributed by atoms with Gasteiger partial charge in [0, 0.05) is 16.4 Å². The summed E-state index contributed by atoms with van der Waals surface area (Å²) in [5, 5.41) is 11.8. The van der Waals surface area contributed by atoms with Gasteiger partial charge in [-0.2, -0.15) is 0 Å². The first-order valence-corrected chi connectivity index (χ1v) is 8.26. The first-order chi connectivity index (χ1) is 8.75. The Hall–Kier alpha value is -0.0800. The summed E-state index contributed by atoms with van der Waals surface area (Å²) in [6, 6.07) is 0. The van der Waals surface area contributed by atoms with Gasteiger partial charge in [0.05, 0.1) is 5.60 Å². The molecule has 0 aromatic rings. The Morgan fingerprint density at radius 1 is 0.667 bits per heavy atom. The highest BCUT2D eigenvalue weighted by Crippen LogP contribution is 2.75. The number of nitrogens with two attached hydrogens (primary N) is 1. The van der Waals surface area contributed by atoms with Crippen LogP contribution in [0.2, 0.25) is 0 Å². The van der Waals surface area contributed by atoms with Crippen LogP contribution in [-0.2, 0) is 0 Å². The predicted octanol–water partition coefficient (Wildman–Crippen LogP) is 4.60. The maximum Gasteiger partial charge on any atom is 0.0751 e. The number of aliphatic hydroxyl groups is 1. The van der Waals surface area contributed by atoms with Gasteiger partial charge in [-0.25, -0.2) is 0 Å². The molecule has 1 aliphatic carbocycles. The van der Waals surface area contributed by atoms with Crippen molar-refractivity contribution in [3.63, 3.8) is 0 Å². The van der Waals surface area contributed by atoms with Crippen molar-refractivity contribution in [3.8, 4) is 0 Å². The van der Waals surface area contributed by atoms with E-state index in [1.807, 2.05) is 6.92 Å². The monoisotopic (exact) mass is 297 g/mol. The molecule has 1 aliphatic rings. The Morgan fingerprint density at radius 3 is 1.29 bits per heavy atom. The second-order valence-electron chi connectivity index (χ2n) is 10.5. The van der Waals surface area contributed by atoms with Crippen molar-refractivity contribution >= 4 is 0 Å². The molecule has 3 N–H and O–H groups in total. The molecule has 0 bridgehead atoms. The Labute approximate surface area is 132 Å². The number of hydrogen-bond donors (Lipinski definition) is 2. The summed E-state index contributed by atoms with van der Waals surface area (Å²) in [6.45, 7) is 26.5.